The van der Waals surface area contributed by atoms with E-state index in [1.54, 1.807) is 6.07 Å². The minimum absolute atomic E-state index is 0.0861. The minimum Gasteiger partial charge on any atom is -0.349 e. The van der Waals surface area contributed by atoms with Crippen molar-refractivity contribution in [2.24, 2.45) is 0 Å². The summed E-state index contributed by atoms with van der Waals surface area (Å²) >= 11 is 0. The van der Waals surface area contributed by atoms with E-state index in [1.807, 2.05) is 0 Å². The van der Waals surface area contributed by atoms with Crippen LogP contribution in [0.1, 0.15) is 42.5 Å². The standard InChI is InChI=1S/C19H21FN2O3S/c20-17-11-4-5-12-18(17)22-26(24,25)16-10-6-7-14(13-16)19(23)21-15-8-2-1-3-9-15/h4-7,10-13,15,22H,1-3,8-9H2,(H,21,23). The molecule has 0 aromatic heterocycles. The van der Waals surface area contributed by atoms with Crippen molar-refractivity contribution in [3.05, 3.63) is 59.9 Å². The summed E-state index contributed by atoms with van der Waals surface area (Å²) in [7, 11) is -3.99. The van der Waals surface area contributed by atoms with E-state index in [9.17, 15) is 17.6 Å². The van der Waals surface area contributed by atoms with Gasteiger partial charge in [-0.25, -0.2) is 12.8 Å². The smallest absolute Gasteiger partial charge is 0.262 e. The van der Waals surface area contributed by atoms with Gasteiger partial charge < -0.3 is 5.32 Å². The van der Waals surface area contributed by atoms with Gasteiger partial charge in [0.2, 0.25) is 0 Å². The molecule has 26 heavy (non-hydrogen) atoms. The number of rotatable bonds is 5. The number of nitrogens with one attached hydrogen (secondary N) is 2. The van der Waals surface area contributed by atoms with Gasteiger partial charge in [-0.05, 0) is 43.2 Å². The molecule has 2 aromatic carbocycles. The number of halogens is 1. The lowest BCUT2D eigenvalue weighted by Gasteiger charge is -2.22. The molecule has 0 radical (unpaired) electrons. The normalized spacial score (nSPS) is 15.4. The summed E-state index contributed by atoms with van der Waals surface area (Å²) in [6, 6.07) is 11.4. The van der Waals surface area contributed by atoms with Crippen LogP contribution < -0.4 is 10.0 Å². The quantitative estimate of drug-likeness (QED) is 0.836. The fraction of sp³-hybridized carbons (Fsp3) is 0.316. The van der Waals surface area contributed by atoms with Crippen LogP contribution in [0.25, 0.3) is 0 Å². The van der Waals surface area contributed by atoms with Gasteiger partial charge in [0.15, 0.2) is 0 Å². The molecule has 3 rings (SSSR count). The van der Waals surface area contributed by atoms with E-state index in [0.717, 1.165) is 25.7 Å². The molecule has 0 saturated heterocycles. The van der Waals surface area contributed by atoms with Crippen molar-refractivity contribution in [2.45, 2.75) is 43.0 Å². The van der Waals surface area contributed by atoms with Crippen LogP contribution in [-0.2, 0) is 10.0 Å². The van der Waals surface area contributed by atoms with Crippen LogP contribution in [0.5, 0.6) is 0 Å². The van der Waals surface area contributed by atoms with Crippen LogP contribution in [0.4, 0.5) is 10.1 Å². The van der Waals surface area contributed by atoms with Gasteiger partial charge in [-0.1, -0.05) is 37.5 Å². The second-order valence-corrected chi connectivity index (χ2v) is 8.10. The Hall–Kier alpha value is -2.41. The molecular formula is C19H21FN2O3S. The number of benzene rings is 2. The third-order valence-corrected chi connectivity index (χ3v) is 5.83. The van der Waals surface area contributed by atoms with Gasteiger partial charge in [-0.3, -0.25) is 9.52 Å². The average molecular weight is 376 g/mol. The van der Waals surface area contributed by atoms with Gasteiger partial charge in [0.05, 0.1) is 10.6 Å². The van der Waals surface area contributed by atoms with E-state index in [4.69, 9.17) is 0 Å². The maximum Gasteiger partial charge on any atom is 0.262 e. The van der Waals surface area contributed by atoms with Gasteiger partial charge in [0.25, 0.3) is 15.9 Å². The van der Waals surface area contributed by atoms with Crippen LogP contribution in [0.2, 0.25) is 0 Å². The number of carbonyl (C=O) groups excluding carboxylic acids is 1. The lowest BCUT2D eigenvalue weighted by molar-refractivity contribution is 0.0927. The summed E-state index contributed by atoms with van der Waals surface area (Å²) in [5.74, 6) is -0.956. The number of hydrogen-bond donors (Lipinski definition) is 2. The molecule has 0 spiro atoms. The molecule has 1 saturated carbocycles. The number of carbonyl (C=O) groups is 1. The van der Waals surface area contributed by atoms with Crippen LogP contribution in [0.15, 0.2) is 53.4 Å². The zero-order valence-corrected chi connectivity index (χ0v) is 15.1. The molecule has 138 valence electrons. The van der Waals surface area contributed by atoms with E-state index < -0.39 is 15.8 Å². The molecule has 0 bridgehead atoms. The van der Waals surface area contributed by atoms with Crippen molar-refractivity contribution in [3.63, 3.8) is 0 Å². The minimum atomic E-state index is -3.99. The van der Waals surface area contributed by atoms with Crippen LogP contribution >= 0.6 is 0 Å². The predicted molar refractivity (Wildman–Crippen MR) is 98.0 cm³/mol. The van der Waals surface area contributed by atoms with Crippen LogP contribution in [0, 0.1) is 5.82 Å². The fourth-order valence-corrected chi connectivity index (χ4v) is 4.18. The SMILES string of the molecule is O=C(NC1CCCCC1)c1cccc(S(=O)(=O)Nc2ccccc2F)c1. The molecule has 1 fully saturated rings. The predicted octanol–water partition coefficient (Wildman–Crippen LogP) is 3.69. The van der Waals surface area contributed by atoms with Crippen molar-refractivity contribution >= 4 is 21.6 Å². The zero-order chi connectivity index (χ0) is 18.6. The number of sulfonamides is 1. The highest BCUT2D eigenvalue weighted by atomic mass is 32.2. The monoisotopic (exact) mass is 376 g/mol. The average Bonchev–Trinajstić information content (AvgIpc) is 2.64. The maximum absolute atomic E-state index is 13.7. The Bertz CT molecular complexity index is 893. The summed E-state index contributed by atoms with van der Waals surface area (Å²) in [5, 5.41) is 2.96. The fourth-order valence-electron chi connectivity index (χ4n) is 3.07. The molecule has 1 aliphatic rings. The van der Waals surface area contributed by atoms with Gasteiger partial charge in [0, 0.05) is 11.6 Å². The Balaban J connectivity index is 1.77. The van der Waals surface area contributed by atoms with Crippen LogP contribution in [-0.4, -0.2) is 20.4 Å². The van der Waals surface area contributed by atoms with E-state index in [2.05, 4.69) is 10.0 Å². The number of hydrogen-bond acceptors (Lipinski definition) is 3. The highest BCUT2D eigenvalue weighted by Gasteiger charge is 2.20. The molecule has 0 heterocycles. The Kier molecular flexibility index (Phi) is 5.56. The molecule has 2 aromatic rings. The molecule has 7 heteroatoms. The molecule has 1 aliphatic carbocycles. The first kappa shape index (κ1) is 18.4. The lowest BCUT2D eigenvalue weighted by atomic mass is 9.95. The Labute approximate surface area is 152 Å². The summed E-state index contributed by atoms with van der Waals surface area (Å²) in [6.07, 6.45) is 5.25. The van der Waals surface area contributed by atoms with Crippen molar-refractivity contribution < 1.29 is 17.6 Å². The van der Waals surface area contributed by atoms with E-state index in [0.29, 0.717) is 0 Å². The van der Waals surface area contributed by atoms with Crippen molar-refractivity contribution in [3.8, 4) is 0 Å². The number of para-hydroxylation sites is 1. The molecular weight excluding hydrogens is 355 g/mol. The van der Waals surface area contributed by atoms with Gasteiger partial charge in [0.1, 0.15) is 5.82 Å². The zero-order valence-electron chi connectivity index (χ0n) is 14.2. The molecule has 0 aliphatic heterocycles. The van der Waals surface area contributed by atoms with Crippen LogP contribution in [0.3, 0.4) is 0 Å². The molecule has 5 nitrogen and oxygen atoms in total. The first-order valence-corrected chi connectivity index (χ1v) is 10.1. The lowest BCUT2D eigenvalue weighted by Crippen LogP contribution is -2.36. The van der Waals surface area contributed by atoms with Gasteiger partial charge in [-0.15, -0.1) is 0 Å². The highest BCUT2D eigenvalue weighted by Crippen LogP contribution is 2.21. The second kappa shape index (κ2) is 7.86. The third-order valence-electron chi connectivity index (χ3n) is 4.47. The summed E-state index contributed by atoms with van der Waals surface area (Å²) in [5.41, 5.74) is 0.136. The first-order chi connectivity index (χ1) is 12.5. The molecule has 2 N–H and O–H groups in total. The third kappa shape index (κ3) is 4.40. The summed E-state index contributed by atoms with van der Waals surface area (Å²) < 4.78 is 40.9. The second-order valence-electron chi connectivity index (χ2n) is 6.42. The molecule has 0 atom stereocenters. The van der Waals surface area contributed by atoms with Crippen molar-refractivity contribution in [2.75, 3.05) is 4.72 Å². The molecule has 1 amide bonds. The Morgan fingerprint density at radius 1 is 1.00 bits per heavy atom. The maximum atomic E-state index is 13.7. The highest BCUT2D eigenvalue weighted by molar-refractivity contribution is 7.92. The largest absolute Gasteiger partial charge is 0.349 e. The summed E-state index contributed by atoms with van der Waals surface area (Å²) in [4.78, 5) is 12.3. The van der Waals surface area contributed by atoms with Crippen molar-refractivity contribution in [1.29, 1.82) is 0 Å². The number of amides is 1. The van der Waals surface area contributed by atoms with E-state index >= 15 is 0 Å². The van der Waals surface area contributed by atoms with Gasteiger partial charge in [-0.2, -0.15) is 0 Å². The molecule has 0 unspecified atom stereocenters. The summed E-state index contributed by atoms with van der Waals surface area (Å²) in [6.45, 7) is 0. The van der Waals surface area contributed by atoms with Gasteiger partial charge >= 0.3 is 0 Å². The van der Waals surface area contributed by atoms with E-state index in [1.165, 1.54) is 48.9 Å². The van der Waals surface area contributed by atoms with Crippen molar-refractivity contribution in [1.82, 2.24) is 5.32 Å². The topological polar surface area (TPSA) is 75.3 Å². The number of anilines is 1. The Morgan fingerprint density at radius 3 is 2.46 bits per heavy atom. The first-order valence-electron chi connectivity index (χ1n) is 8.64. The Morgan fingerprint density at radius 2 is 1.73 bits per heavy atom. The van der Waals surface area contributed by atoms with E-state index in [-0.39, 0.29) is 28.1 Å².